The van der Waals surface area contributed by atoms with Crippen LogP contribution in [0.4, 0.5) is 8.78 Å². The second-order valence-electron chi connectivity index (χ2n) is 1.86. The summed E-state index contributed by atoms with van der Waals surface area (Å²) in [6.45, 7) is 3.11. The van der Waals surface area contributed by atoms with Crippen LogP contribution in [-0.4, -0.2) is 43.9 Å². The summed E-state index contributed by atoms with van der Waals surface area (Å²) < 4.78 is 31.0. The molecule has 1 saturated heterocycles. The Balaban J connectivity index is 0.000000202. The van der Waals surface area contributed by atoms with Gasteiger partial charge in [-0.2, -0.15) is 8.78 Å². The Bertz CT molecular complexity index is 113. The van der Waals surface area contributed by atoms with Gasteiger partial charge in [0.15, 0.2) is 0 Å². The molecule has 0 aliphatic carbocycles. The summed E-state index contributed by atoms with van der Waals surface area (Å²) in [5.74, 6) is -2.07. The SMILES string of the molecule is C1COCCO1.O=C(O)C(F)F. The van der Waals surface area contributed by atoms with Gasteiger partial charge < -0.3 is 14.6 Å². The number of alkyl halides is 2. The zero-order valence-corrected chi connectivity index (χ0v) is 6.33. The van der Waals surface area contributed by atoms with E-state index in [4.69, 9.17) is 19.4 Å². The van der Waals surface area contributed by atoms with Crippen LogP contribution in [0.15, 0.2) is 0 Å². The summed E-state index contributed by atoms with van der Waals surface area (Å²) in [5.41, 5.74) is 0. The Morgan fingerprint density at radius 2 is 1.42 bits per heavy atom. The minimum Gasteiger partial charge on any atom is -0.477 e. The van der Waals surface area contributed by atoms with Crippen LogP contribution in [0.3, 0.4) is 0 Å². The first-order valence-electron chi connectivity index (χ1n) is 3.31. The van der Waals surface area contributed by atoms with Gasteiger partial charge in [-0.15, -0.1) is 0 Å². The summed E-state index contributed by atoms with van der Waals surface area (Å²) in [5, 5.41) is 7.24. The number of rotatable bonds is 1. The maximum Gasteiger partial charge on any atom is 0.371 e. The third kappa shape index (κ3) is 7.36. The van der Waals surface area contributed by atoms with Crippen molar-refractivity contribution in [3.05, 3.63) is 0 Å². The number of carboxylic acids is 1. The zero-order chi connectivity index (χ0) is 9.40. The number of halogens is 2. The van der Waals surface area contributed by atoms with Crippen LogP contribution in [0.25, 0.3) is 0 Å². The number of aliphatic carboxylic acids is 1. The summed E-state index contributed by atoms with van der Waals surface area (Å²) in [6, 6.07) is 0. The maximum atomic E-state index is 10.6. The molecule has 1 aliphatic rings. The van der Waals surface area contributed by atoms with Crippen molar-refractivity contribution in [2.75, 3.05) is 26.4 Å². The molecule has 6 heteroatoms. The van der Waals surface area contributed by atoms with Gasteiger partial charge in [-0.3, -0.25) is 0 Å². The fourth-order valence-electron chi connectivity index (χ4n) is 0.440. The molecule has 12 heavy (non-hydrogen) atoms. The third-order valence-electron chi connectivity index (χ3n) is 0.931. The predicted molar refractivity (Wildman–Crippen MR) is 35.3 cm³/mol. The van der Waals surface area contributed by atoms with Gasteiger partial charge in [0.25, 0.3) is 0 Å². The number of carbonyl (C=O) groups is 1. The van der Waals surface area contributed by atoms with E-state index in [1.54, 1.807) is 0 Å². The van der Waals surface area contributed by atoms with Crippen molar-refractivity contribution in [2.24, 2.45) is 0 Å². The Hall–Kier alpha value is -0.750. The Labute approximate surface area is 68.1 Å². The molecule has 1 N–H and O–H groups in total. The van der Waals surface area contributed by atoms with E-state index in [1.807, 2.05) is 0 Å². The Morgan fingerprint density at radius 1 is 1.17 bits per heavy atom. The fourth-order valence-corrected chi connectivity index (χ4v) is 0.440. The lowest BCUT2D eigenvalue weighted by Gasteiger charge is -2.09. The highest BCUT2D eigenvalue weighted by Gasteiger charge is 2.10. The van der Waals surface area contributed by atoms with E-state index < -0.39 is 12.4 Å². The number of hydrogen-bond acceptors (Lipinski definition) is 3. The van der Waals surface area contributed by atoms with Gasteiger partial charge in [-0.05, 0) is 0 Å². The minimum atomic E-state index is -3.23. The van der Waals surface area contributed by atoms with Gasteiger partial charge in [-0.25, -0.2) is 4.79 Å². The van der Waals surface area contributed by atoms with E-state index in [1.165, 1.54) is 0 Å². The smallest absolute Gasteiger partial charge is 0.371 e. The molecule has 0 bridgehead atoms. The highest BCUT2D eigenvalue weighted by atomic mass is 19.3. The molecule has 1 heterocycles. The Morgan fingerprint density at radius 3 is 1.50 bits per heavy atom. The van der Waals surface area contributed by atoms with E-state index in [0.29, 0.717) is 0 Å². The first-order valence-corrected chi connectivity index (χ1v) is 3.31. The van der Waals surface area contributed by atoms with Crippen LogP contribution in [0.1, 0.15) is 0 Å². The molecule has 1 rings (SSSR count). The predicted octanol–water partition coefficient (Wildman–Crippen LogP) is 0.369. The molecular weight excluding hydrogens is 174 g/mol. The molecule has 0 saturated carbocycles. The van der Waals surface area contributed by atoms with Crippen molar-refractivity contribution < 1.29 is 28.2 Å². The van der Waals surface area contributed by atoms with Crippen molar-refractivity contribution in [1.29, 1.82) is 0 Å². The molecule has 1 aliphatic heterocycles. The summed E-state index contributed by atoms with van der Waals surface area (Å²) in [4.78, 5) is 8.95. The quantitative estimate of drug-likeness (QED) is 0.639. The van der Waals surface area contributed by atoms with Crippen LogP contribution in [0, 0.1) is 0 Å². The third-order valence-corrected chi connectivity index (χ3v) is 0.931. The van der Waals surface area contributed by atoms with Crippen LogP contribution in [0.5, 0.6) is 0 Å². The van der Waals surface area contributed by atoms with E-state index >= 15 is 0 Å². The topological polar surface area (TPSA) is 55.8 Å². The summed E-state index contributed by atoms with van der Waals surface area (Å²) in [7, 11) is 0. The van der Waals surface area contributed by atoms with Crippen molar-refractivity contribution in [2.45, 2.75) is 6.43 Å². The van der Waals surface area contributed by atoms with Gasteiger partial charge in [-0.1, -0.05) is 0 Å². The molecule has 0 radical (unpaired) electrons. The maximum absolute atomic E-state index is 10.6. The van der Waals surface area contributed by atoms with Crippen molar-refractivity contribution in [3.8, 4) is 0 Å². The van der Waals surface area contributed by atoms with E-state index in [9.17, 15) is 8.78 Å². The second kappa shape index (κ2) is 6.93. The molecule has 0 amide bonds. The fraction of sp³-hybridized carbons (Fsp3) is 0.833. The highest BCUT2D eigenvalue weighted by Crippen LogP contribution is 1.87. The molecule has 0 aromatic rings. The monoisotopic (exact) mass is 184 g/mol. The van der Waals surface area contributed by atoms with Crippen molar-refractivity contribution in [3.63, 3.8) is 0 Å². The normalized spacial score (nSPS) is 16.6. The Kier molecular flexibility index (Phi) is 6.50. The molecule has 0 atom stereocenters. The molecule has 4 nitrogen and oxygen atoms in total. The lowest BCUT2D eigenvalue weighted by atomic mass is 10.6. The molecule has 0 aromatic carbocycles. The van der Waals surface area contributed by atoms with Gasteiger partial charge in [0.1, 0.15) is 0 Å². The average Bonchev–Trinajstić information content (AvgIpc) is 2.08. The first-order chi connectivity index (χ1) is 5.64. The molecule has 0 spiro atoms. The van der Waals surface area contributed by atoms with Crippen molar-refractivity contribution in [1.82, 2.24) is 0 Å². The van der Waals surface area contributed by atoms with Crippen LogP contribution < -0.4 is 0 Å². The molecule has 72 valence electrons. The zero-order valence-electron chi connectivity index (χ0n) is 6.33. The van der Waals surface area contributed by atoms with Gasteiger partial charge >= 0.3 is 12.4 Å². The molecule has 0 aromatic heterocycles. The van der Waals surface area contributed by atoms with Crippen LogP contribution in [-0.2, 0) is 14.3 Å². The highest BCUT2D eigenvalue weighted by molar-refractivity contribution is 5.70. The van der Waals surface area contributed by atoms with Crippen LogP contribution >= 0.6 is 0 Å². The summed E-state index contributed by atoms with van der Waals surface area (Å²) in [6.07, 6.45) is -3.23. The number of ether oxygens (including phenoxy) is 2. The van der Waals surface area contributed by atoms with E-state index in [-0.39, 0.29) is 0 Å². The lowest BCUT2D eigenvalue weighted by molar-refractivity contribution is -0.149. The molecular formula is C6H10F2O4. The van der Waals surface area contributed by atoms with Crippen LogP contribution in [0.2, 0.25) is 0 Å². The second-order valence-corrected chi connectivity index (χ2v) is 1.86. The number of hydrogen-bond donors (Lipinski definition) is 1. The average molecular weight is 184 g/mol. The largest absolute Gasteiger partial charge is 0.477 e. The summed E-state index contributed by atoms with van der Waals surface area (Å²) >= 11 is 0. The van der Waals surface area contributed by atoms with Crippen molar-refractivity contribution >= 4 is 5.97 Å². The molecule has 1 fully saturated rings. The standard InChI is InChI=1S/C4H8O2.C2H2F2O2/c1-2-6-4-3-5-1;3-1(4)2(5)6/h1-4H2;1H,(H,5,6). The first kappa shape index (κ1) is 11.2. The van der Waals surface area contributed by atoms with Gasteiger partial charge in [0.2, 0.25) is 0 Å². The van der Waals surface area contributed by atoms with E-state index in [2.05, 4.69) is 0 Å². The van der Waals surface area contributed by atoms with Gasteiger partial charge in [0.05, 0.1) is 26.4 Å². The minimum absolute atomic E-state index is 0.778. The lowest BCUT2D eigenvalue weighted by Crippen LogP contribution is -2.16. The van der Waals surface area contributed by atoms with Gasteiger partial charge in [0, 0.05) is 0 Å². The molecule has 0 unspecified atom stereocenters. The van der Waals surface area contributed by atoms with E-state index in [0.717, 1.165) is 26.4 Å². The number of carboxylic acid groups (broad SMARTS) is 1.